The van der Waals surface area contributed by atoms with Gasteiger partial charge >= 0.3 is 0 Å². The smallest absolute Gasteiger partial charge is 0.0547 e. The Morgan fingerprint density at radius 1 is 1.09 bits per heavy atom. The molecule has 3 heterocycles. The molecule has 0 radical (unpaired) electrons. The molecule has 3 rings (SSSR count). The van der Waals surface area contributed by atoms with E-state index in [0.29, 0.717) is 0 Å². The van der Waals surface area contributed by atoms with E-state index in [1.807, 2.05) is 0 Å². The molecule has 0 bridgehead atoms. The molecule has 0 amide bonds. The van der Waals surface area contributed by atoms with Crippen molar-refractivity contribution in [2.24, 2.45) is 5.92 Å². The zero-order valence-corrected chi connectivity index (χ0v) is 15.0. The second kappa shape index (κ2) is 7.73. The molecule has 4 nitrogen and oxygen atoms in total. The quantitative estimate of drug-likeness (QED) is 0.849. The van der Waals surface area contributed by atoms with E-state index >= 15 is 0 Å². The van der Waals surface area contributed by atoms with Crippen molar-refractivity contribution in [3.05, 3.63) is 29.6 Å². The van der Waals surface area contributed by atoms with Gasteiger partial charge in [-0.25, -0.2) is 0 Å². The summed E-state index contributed by atoms with van der Waals surface area (Å²) in [5.74, 6) is 0.861. The van der Waals surface area contributed by atoms with Crippen LogP contribution in [0.15, 0.2) is 18.2 Å². The summed E-state index contributed by atoms with van der Waals surface area (Å²) in [7, 11) is 2.24. The van der Waals surface area contributed by atoms with Gasteiger partial charge in [0.2, 0.25) is 0 Å². The number of rotatable bonds is 4. The highest BCUT2D eigenvalue weighted by atomic mass is 15.3. The average molecular weight is 316 g/mol. The Morgan fingerprint density at radius 2 is 1.78 bits per heavy atom. The van der Waals surface area contributed by atoms with Gasteiger partial charge < -0.3 is 4.90 Å². The Bertz CT molecular complexity index is 488. The lowest BCUT2D eigenvalue weighted by Crippen LogP contribution is -2.51. The van der Waals surface area contributed by atoms with Crippen LogP contribution in [-0.4, -0.2) is 72.0 Å². The van der Waals surface area contributed by atoms with Crippen LogP contribution >= 0.6 is 0 Å². The van der Waals surface area contributed by atoms with E-state index < -0.39 is 0 Å². The van der Waals surface area contributed by atoms with Gasteiger partial charge in [0.15, 0.2) is 0 Å². The minimum atomic E-state index is 0.739. The molecule has 0 N–H and O–H groups in total. The molecule has 1 unspecified atom stereocenters. The maximum atomic E-state index is 4.65. The van der Waals surface area contributed by atoms with E-state index in [0.717, 1.165) is 24.2 Å². The number of likely N-dealkylation sites (N-methyl/N-ethyl adjacent to an activating group) is 1. The Kier molecular flexibility index (Phi) is 5.67. The first-order chi connectivity index (χ1) is 11.1. The lowest BCUT2D eigenvalue weighted by Gasteiger charge is -2.42. The van der Waals surface area contributed by atoms with Crippen LogP contribution in [0.1, 0.15) is 31.2 Å². The Balaban J connectivity index is 1.46. The molecule has 0 aliphatic carbocycles. The van der Waals surface area contributed by atoms with Crippen LogP contribution in [0, 0.1) is 12.8 Å². The van der Waals surface area contributed by atoms with Gasteiger partial charge in [-0.3, -0.25) is 14.8 Å². The lowest BCUT2D eigenvalue weighted by atomic mass is 9.89. The molecule has 2 fully saturated rings. The van der Waals surface area contributed by atoms with Crippen LogP contribution in [0.25, 0.3) is 0 Å². The number of piperazine rings is 1. The van der Waals surface area contributed by atoms with E-state index in [1.165, 1.54) is 57.8 Å². The van der Waals surface area contributed by atoms with Crippen molar-refractivity contribution in [3.8, 4) is 0 Å². The van der Waals surface area contributed by atoms with Gasteiger partial charge in [0, 0.05) is 44.5 Å². The van der Waals surface area contributed by atoms with Crippen LogP contribution in [0.5, 0.6) is 0 Å². The van der Waals surface area contributed by atoms with Crippen LogP contribution < -0.4 is 0 Å². The predicted octanol–water partition coefficient (Wildman–Crippen LogP) is 2.24. The second-order valence-corrected chi connectivity index (χ2v) is 7.46. The van der Waals surface area contributed by atoms with E-state index in [1.54, 1.807) is 0 Å². The molecule has 1 aromatic heterocycles. The third-order valence-electron chi connectivity index (χ3n) is 5.76. The molecule has 128 valence electrons. The summed E-state index contributed by atoms with van der Waals surface area (Å²) in [6.07, 6.45) is 2.67. The minimum Gasteiger partial charge on any atom is -0.304 e. The molecule has 2 saturated heterocycles. The number of pyridine rings is 1. The van der Waals surface area contributed by atoms with Crippen LogP contribution in [0.2, 0.25) is 0 Å². The molecule has 4 heteroatoms. The normalized spacial score (nSPS) is 24.0. The molecule has 23 heavy (non-hydrogen) atoms. The van der Waals surface area contributed by atoms with Crippen molar-refractivity contribution in [2.45, 2.75) is 39.3 Å². The van der Waals surface area contributed by atoms with E-state index in [9.17, 15) is 0 Å². The molecule has 1 atom stereocenters. The van der Waals surface area contributed by atoms with Gasteiger partial charge in [-0.15, -0.1) is 0 Å². The van der Waals surface area contributed by atoms with Crippen molar-refractivity contribution >= 4 is 0 Å². The second-order valence-electron chi connectivity index (χ2n) is 7.46. The Morgan fingerprint density at radius 3 is 2.43 bits per heavy atom. The van der Waals surface area contributed by atoms with Crippen molar-refractivity contribution in [1.29, 1.82) is 0 Å². The predicted molar refractivity (Wildman–Crippen MR) is 95.5 cm³/mol. The fourth-order valence-corrected chi connectivity index (χ4v) is 4.04. The zero-order chi connectivity index (χ0) is 16.2. The number of piperidine rings is 1. The summed E-state index contributed by atoms with van der Waals surface area (Å²) in [4.78, 5) is 12.4. The largest absolute Gasteiger partial charge is 0.304 e. The number of aryl methyl sites for hydroxylation is 1. The first-order valence-electron chi connectivity index (χ1n) is 9.19. The van der Waals surface area contributed by atoms with E-state index in [2.05, 4.69) is 58.8 Å². The average Bonchev–Trinajstić information content (AvgIpc) is 2.56. The highest BCUT2D eigenvalue weighted by Crippen LogP contribution is 2.25. The first kappa shape index (κ1) is 16.9. The van der Waals surface area contributed by atoms with Gasteiger partial charge in [-0.2, -0.15) is 0 Å². The molecule has 0 aromatic carbocycles. The zero-order valence-electron chi connectivity index (χ0n) is 15.0. The van der Waals surface area contributed by atoms with Crippen LogP contribution in [0.4, 0.5) is 0 Å². The fourth-order valence-electron chi connectivity index (χ4n) is 4.04. The topological polar surface area (TPSA) is 22.6 Å². The highest BCUT2D eigenvalue weighted by Gasteiger charge is 2.29. The third kappa shape index (κ3) is 4.52. The number of likely N-dealkylation sites (tertiary alicyclic amines) is 1. The lowest BCUT2D eigenvalue weighted by molar-refractivity contribution is 0.0596. The summed E-state index contributed by atoms with van der Waals surface area (Å²) in [6.45, 7) is 12.9. The van der Waals surface area contributed by atoms with Crippen molar-refractivity contribution in [1.82, 2.24) is 19.7 Å². The summed E-state index contributed by atoms with van der Waals surface area (Å²) < 4.78 is 0. The van der Waals surface area contributed by atoms with E-state index in [-0.39, 0.29) is 0 Å². The van der Waals surface area contributed by atoms with Gasteiger partial charge in [-0.05, 0) is 64.9 Å². The molecule has 0 saturated carbocycles. The summed E-state index contributed by atoms with van der Waals surface area (Å²) >= 11 is 0. The summed E-state index contributed by atoms with van der Waals surface area (Å²) in [5.41, 5.74) is 2.34. The van der Waals surface area contributed by atoms with Crippen molar-refractivity contribution in [2.75, 3.05) is 46.3 Å². The number of nitrogens with zero attached hydrogens (tertiary/aromatic N) is 4. The van der Waals surface area contributed by atoms with Crippen molar-refractivity contribution < 1.29 is 0 Å². The SMILES string of the molecule is Cc1cccc(CN2CCC(C(C)N3CCN(C)CC3)CC2)n1. The molecule has 1 aromatic rings. The molecule has 2 aliphatic rings. The van der Waals surface area contributed by atoms with Gasteiger partial charge in [0.1, 0.15) is 0 Å². The molecular weight excluding hydrogens is 284 g/mol. The highest BCUT2D eigenvalue weighted by molar-refractivity contribution is 5.09. The van der Waals surface area contributed by atoms with Crippen molar-refractivity contribution in [3.63, 3.8) is 0 Å². The van der Waals surface area contributed by atoms with Crippen LogP contribution in [-0.2, 0) is 6.54 Å². The number of hydrogen-bond acceptors (Lipinski definition) is 4. The summed E-state index contributed by atoms with van der Waals surface area (Å²) in [6, 6.07) is 7.10. The number of aromatic nitrogens is 1. The maximum absolute atomic E-state index is 4.65. The molecule has 0 spiro atoms. The number of hydrogen-bond donors (Lipinski definition) is 0. The molecule has 2 aliphatic heterocycles. The van der Waals surface area contributed by atoms with Crippen LogP contribution in [0.3, 0.4) is 0 Å². The van der Waals surface area contributed by atoms with Gasteiger partial charge in [0.25, 0.3) is 0 Å². The molecular formula is C19H32N4. The Labute approximate surface area is 141 Å². The monoisotopic (exact) mass is 316 g/mol. The Hall–Kier alpha value is -0.970. The third-order valence-corrected chi connectivity index (χ3v) is 5.76. The van der Waals surface area contributed by atoms with Gasteiger partial charge in [-0.1, -0.05) is 6.07 Å². The van der Waals surface area contributed by atoms with E-state index in [4.69, 9.17) is 0 Å². The standard InChI is InChI=1S/C19H32N4/c1-16-5-4-6-19(20-16)15-22-9-7-18(8-10-22)17(2)23-13-11-21(3)12-14-23/h4-6,17-18H,7-15H2,1-3H3. The first-order valence-corrected chi connectivity index (χ1v) is 9.19. The maximum Gasteiger partial charge on any atom is 0.0547 e. The van der Waals surface area contributed by atoms with Gasteiger partial charge in [0.05, 0.1) is 5.69 Å². The fraction of sp³-hybridized carbons (Fsp3) is 0.737. The summed E-state index contributed by atoms with van der Waals surface area (Å²) in [5, 5.41) is 0. The minimum absolute atomic E-state index is 0.739.